The first-order valence-electron chi connectivity index (χ1n) is 7.57. The van der Waals surface area contributed by atoms with Gasteiger partial charge in [-0.1, -0.05) is 13.2 Å². The topological polar surface area (TPSA) is 71.1 Å². The average Bonchev–Trinajstić information content (AvgIpc) is 2.68. The summed E-state index contributed by atoms with van der Waals surface area (Å²) in [6.45, 7) is 6.78. The molecule has 0 saturated carbocycles. The van der Waals surface area contributed by atoms with Crippen LogP contribution in [-0.4, -0.2) is 26.2 Å². The van der Waals surface area contributed by atoms with Gasteiger partial charge in [0.1, 0.15) is 23.0 Å². The summed E-state index contributed by atoms with van der Waals surface area (Å²) in [4.78, 5) is 23.3. The third-order valence-electron chi connectivity index (χ3n) is 3.42. The van der Waals surface area contributed by atoms with Crippen molar-refractivity contribution in [2.75, 3.05) is 14.2 Å². The van der Waals surface area contributed by atoms with Crippen molar-refractivity contribution < 1.29 is 28.5 Å². The molecule has 0 aliphatic rings. The predicted octanol–water partition coefficient (Wildman–Crippen LogP) is 3.55. The highest BCUT2D eigenvalue weighted by Gasteiger charge is 2.17. The SMILES string of the molecule is C=CC(=O)Oc1ccc(OC)cc1-c1cc(OC)ccc1OC(=O)C=C. The summed E-state index contributed by atoms with van der Waals surface area (Å²) in [6, 6.07) is 9.76. The second-order valence-corrected chi connectivity index (χ2v) is 4.97. The van der Waals surface area contributed by atoms with Gasteiger partial charge >= 0.3 is 11.9 Å². The minimum absolute atomic E-state index is 0.250. The van der Waals surface area contributed by atoms with Crippen molar-refractivity contribution in [3.63, 3.8) is 0 Å². The lowest BCUT2D eigenvalue weighted by Gasteiger charge is -2.15. The molecular formula is C20H18O6. The summed E-state index contributed by atoms with van der Waals surface area (Å²) < 4.78 is 21.1. The van der Waals surface area contributed by atoms with E-state index in [0.29, 0.717) is 22.6 Å². The highest BCUT2D eigenvalue weighted by molar-refractivity contribution is 5.89. The van der Waals surface area contributed by atoms with Gasteiger partial charge in [0.05, 0.1) is 14.2 Å². The number of esters is 2. The van der Waals surface area contributed by atoms with Gasteiger partial charge in [-0.25, -0.2) is 9.59 Å². The molecule has 0 aliphatic carbocycles. The summed E-state index contributed by atoms with van der Waals surface area (Å²) in [5.74, 6) is 0.317. The van der Waals surface area contributed by atoms with Crippen LogP contribution in [0.3, 0.4) is 0 Å². The van der Waals surface area contributed by atoms with E-state index >= 15 is 0 Å². The first kappa shape index (κ1) is 18.8. The Balaban J connectivity index is 2.66. The minimum atomic E-state index is -0.621. The fourth-order valence-corrected chi connectivity index (χ4v) is 2.17. The van der Waals surface area contributed by atoms with Crippen molar-refractivity contribution in [3.8, 4) is 34.1 Å². The van der Waals surface area contributed by atoms with Crippen LogP contribution in [0.15, 0.2) is 61.7 Å². The fourth-order valence-electron chi connectivity index (χ4n) is 2.17. The van der Waals surface area contributed by atoms with Gasteiger partial charge in [0.25, 0.3) is 0 Å². The third kappa shape index (κ3) is 4.30. The maximum absolute atomic E-state index is 11.7. The maximum atomic E-state index is 11.7. The molecule has 2 aromatic carbocycles. The van der Waals surface area contributed by atoms with Crippen LogP contribution in [0.5, 0.6) is 23.0 Å². The fraction of sp³-hybridized carbons (Fsp3) is 0.100. The van der Waals surface area contributed by atoms with Crippen LogP contribution in [0.2, 0.25) is 0 Å². The number of methoxy groups -OCH3 is 2. The first-order valence-corrected chi connectivity index (χ1v) is 7.57. The van der Waals surface area contributed by atoms with Crippen LogP contribution < -0.4 is 18.9 Å². The van der Waals surface area contributed by atoms with Crippen molar-refractivity contribution in [2.24, 2.45) is 0 Å². The molecule has 0 atom stereocenters. The Bertz CT molecular complexity index is 782. The molecule has 0 spiro atoms. The Kier molecular flexibility index (Phi) is 6.16. The molecule has 0 fully saturated rings. The highest BCUT2D eigenvalue weighted by Crippen LogP contribution is 2.40. The Morgan fingerprint density at radius 3 is 1.46 bits per heavy atom. The number of carbonyl (C=O) groups is 2. The van der Waals surface area contributed by atoms with E-state index in [2.05, 4.69) is 13.2 Å². The standard InChI is InChI=1S/C20H18O6/c1-5-19(21)25-17-9-7-13(23-3)11-15(17)16-12-14(24-4)8-10-18(16)26-20(22)6-2/h5-12H,1-2H2,3-4H3. The molecule has 0 amide bonds. The molecule has 0 aliphatic heterocycles. The van der Waals surface area contributed by atoms with E-state index in [1.54, 1.807) is 36.4 Å². The summed E-state index contributed by atoms with van der Waals surface area (Å²) in [5, 5.41) is 0. The Labute approximate surface area is 151 Å². The molecular weight excluding hydrogens is 336 g/mol. The Morgan fingerprint density at radius 1 is 0.769 bits per heavy atom. The maximum Gasteiger partial charge on any atom is 0.335 e. The zero-order valence-corrected chi connectivity index (χ0v) is 14.5. The number of ether oxygens (including phenoxy) is 4. The number of hydrogen-bond donors (Lipinski definition) is 0. The summed E-state index contributed by atoms with van der Waals surface area (Å²) >= 11 is 0. The van der Waals surface area contributed by atoms with Gasteiger partial charge in [0.15, 0.2) is 0 Å². The van der Waals surface area contributed by atoms with Gasteiger partial charge in [-0.3, -0.25) is 0 Å². The molecule has 0 bridgehead atoms. The van der Waals surface area contributed by atoms with Gasteiger partial charge in [-0.15, -0.1) is 0 Å². The van der Waals surface area contributed by atoms with E-state index < -0.39 is 11.9 Å². The van der Waals surface area contributed by atoms with E-state index in [1.807, 2.05) is 0 Å². The molecule has 6 heteroatoms. The summed E-state index contributed by atoms with van der Waals surface area (Å²) in [5.41, 5.74) is 0.954. The molecule has 0 N–H and O–H groups in total. The molecule has 134 valence electrons. The second-order valence-electron chi connectivity index (χ2n) is 4.97. The minimum Gasteiger partial charge on any atom is -0.497 e. The molecule has 0 heterocycles. The van der Waals surface area contributed by atoms with E-state index in [0.717, 1.165) is 12.2 Å². The Hall–Kier alpha value is -3.54. The molecule has 26 heavy (non-hydrogen) atoms. The van der Waals surface area contributed by atoms with Gasteiger partial charge in [0.2, 0.25) is 0 Å². The van der Waals surface area contributed by atoms with Gasteiger partial charge < -0.3 is 18.9 Å². The van der Waals surface area contributed by atoms with Crippen LogP contribution in [-0.2, 0) is 9.59 Å². The number of rotatable bonds is 7. The normalized spacial score (nSPS) is 9.77. The van der Waals surface area contributed by atoms with Gasteiger partial charge in [-0.05, 0) is 36.4 Å². The van der Waals surface area contributed by atoms with Crippen molar-refractivity contribution in [3.05, 3.63) is 61.7 Å². The Morgan fingerprint density at radius 2 is 1.15 bits per heavy atom. The lowest BCUT2D eigenvalue weighted by molar-refractivity contribution is -0.129. The third-order valence-corrected chi connectivity index (χ3v) is 3.42. The monoisotopic (exact) mass is 354 g/mol. The summed E-state index contributed by atoms with van der Waals surface area (Å²) in [6.07, 6.45) is 2.11. The van der Waals surface area contributed by atoms with E-state index in [-0.39, 0.29) is 11.5 Å². The molecule has 0 radical (unpaired) electrons. The molecule has 0 saturated heterocycles. The molecule has 6 nitrogen and oxygen atoms in total. The van der Waals surface area contributed by atoms with E-state index in [1.165, 1.54) is 14.2 Å². The lowest BCUT2D eigenvalue weighted by Crippen LogP contribution is -2.07. The molecule has 0 unspecified atom stereocenters. The van der Waals surface area contributed by atoms with Crippen LogP contribution in [0.25, 0.3) is 11.1 Å². The van der Waals surface area contributed by atoms with Crippen LogP contribution >= 0.6 is 0 Å². The molecule has 2 rings (SSSR count). The number of hydrogen-bond acceptors (Lipinski definition) is 6. The van der Waals surface area contributed by atoms with Crippen LogP contribution in [0.1, 0.15) is 0 Å². The summed E-state index contributed by atoms with van der Waals surface area (Å²) in [7, 11) is 3.03. The average molecular weight is 354 g/mol. The van der Waals surface area contributed by atoms with Crippen molar-refractivity contribution >= 4 is 11.9 Å². The van der Waals surface area contributed by atoms with Gasteiger partial charge in [0, 0.05) is 23.3 Å². The second kappa shape index (κ2) is 8.53. The highest BCUT2D eigenvalue weighted by atomic mass is 16.5. The van der Waals surface area contributed by atoms with Crippen molar-refractivity contribution in [1.29, 1.82) is 0 Å². The molecule has 0 aromatic heterocycles. The number of benzene rings is 2. The first-order chi connectivity index (χ1) is 12.5. The smallest absolute Gasteiger partial charge is 0.335 e. The lowest BCUT2D eigenvalue weighted by atomic mass is 10.0. The van der Waals surface area contributed by atoms with Gasteiger partial charge in [-0.2, -0.15) is 0 Å². The van der Waals surface area contributed by atoms with Crippen LogP contribution in [0, 0.1) is 0 Å². The van der Waals surface area contributed by atoms with E-state index in [9.17, 15) is 9.59 Å². The zero-order valence-electron chi connectivity index (χ0n) is 14.5. The van der Waals surface area contributed by atoms with E-state index in [4.69, 9.17) is 18.9 Å². The van der Waals surface area contributed by atoms with Crippen molar-refractivity contribution in [2.45, 2.75) is 0 Å². The van der Waals surface area contributed by atoms with Crippen LogP contribution in [0.4, 0.5) is 0 Å². The largest absolute Gasteiger partial charge is 0.497 e. The van der Waals surface area contributed by atoms with Crippen molar-refractivity contribution in [1.82, 2.24) is 0 Å². The zero-order chi connectivity index (χ0) is 19.1. The number of carbonyl (C=O) groups excluding carboxylic acids is 2. The predicted molar refractivity (Wildman–Crippen MR) is 96.6 cm³/mol. The molecule has 2 aromatic rings. The quantitative estimate of drug-likeness (QED) is 0.430.